The predicted molar refractivity (Wildman–Crippen MR) is 87.7 cm³/mol. The number of aromatic nitrogens is 1. The maximum Gasteiger partial charge on any atom is 0.0743 e. The molecule has 3 N–H and O–H groups in total. The molecule has 0 radical (unpaired) electrons. The zero-order chi connectivity index (χ0) is 13.9. The van der Waals surface area contributed by atoms with Crippen molar-refractivity contribution in [2.45, 2.75) is 4.90 Å². The number of nitrogens with two attached hydrogens (primary N) is 1. The summed E-state index contributed by atoms with van der Waals surface area (Å²) in [6, 6.07) is 16.1. The van der Waals surface area contributed by atoms with Crippen molar-refractivity contribution in [2.24, 2.45) is 0 Å². The van der Waals surface area contributed by atoms with Gasteiger partial charge in [-0.1, -0.05) is 6.07 Å². The maximum atomic E-state index is 5.80. The third-order valence-electron chi connectivity index (χ3n) is 3.12. The fourth-order valence-electron chi connectivity index (χ4n) is 2.13. The summed E-state index contributed by atoms with van der Waals surface area (Å²) in [4.78, 5) is 5.59. The molecule has 0 saturated heterocycles. The highest BCUT2D eigenvalue weighted by Gasteiger charge is 2.03. The van der Waals surface area contributed by atoms with Gasteiger partial charge in [0.2, 0.25) is 0 Å². The molecule has 1 aromatic heterocycles. The zero-order valence-corrected chi connectivity index (χ0v) is 11.9. The second-order valence-electron chi connectivity index (χ2n) is 4.49. The summed E-state index contributed by atoms with van der Waals surface area (Å²) in [5, 5.41) is 4.51. The van der Waals surface area contributed by atoms with Crippen molar-refractivity contribution in [3.05, 3.63) is 54.7 Å². The maximum absolute atomic E-state index is 5.80. The molecule has 0 aliphatic heterocycles. The minimum atomic E-state index is 0.728. The summed E-state index contributed by atoms with van der Waals surface area (Å²) in [7, 11) is 0. The van der Waals surface area contributed by atoms with E-state index >= 15 is 0 Å². The molecule has 0 aliphatic rings. The summed E-state index contributed by atoms with van der Waals surface area (Å²) >= 11 is 1.73. The summed E-state index contributed by atoms with van der Waals surface area (Å²) in [6.45, 7) is 0. The van der Waals surface area contributed by atoms with E-state index in [1.165, 1.54) is 4.90 Å². The predicted octanol–water partition coefficient (Wildman–Crippen LogP) is 4.28. The highest BCUT2D eigenvalue weighted by atomic mass is 32.2. The van der Waals surface area contributed by atoms with E-state index < -0.39 is 0 Å². The molecule has 2 aromatic carbocycles. The van der Waals surface area contributed by atoms with Gasteiger partial charge in [0.25, 0.3) is 0 Å². The van der Waals surface area contributed by atoms with Gasteiger partial charge in [-0.15, -0.1) is 11.8 Å². The highest BCUT2D eigenvalue weighted by molar-refractivity contribution is 7.98. The van der Waals surface area contributed by atoms with Gasteiger partial charge >= 0.3 is 0 Å². The Bertz CT molecular complexity index is 756. The Balaban J connectivity index is 2.02. The van der Waals surface area contributed by atoms with Gasteiger partial charge in [0.15, 0.2) is 0 Å². The van der Waals surface area contributed by atoms with Crippen LogP contribution in [0.25, 0.3) is 10.9 Å². The van der Waals surface area contributed by atoms with Crippen molar-refractivity contribution >= 4 is 39.7 Å². The standard InChI is InChI=1S/C16H15N3S/c1-20-13-4-2-3-12(10-13)19-15-7-8-18-16-9-11(17)5-6-14(15)16/h2-10H,17H2,1H3,(H,18,19). The quantitative estimate of drug-likeness (QED) is 0.555. The number of fused-ring (bicyclic) bond motifs is 1. The van der Waals surface area contributed by atoms with Crippen LogP contribution < -0.4 is 11.1 Å². The van der Waals surface area contributed by atoms with Crippen LogP contribution in [0.1, 0.15) is 0 Å². The Hall–Kier alpha value is -2.20. The SMILES string of the molecule is CSc1cccc(Nc2ccnc3cc(N)ccc23)c1. The molecule has 0 amide bonds. The van der Waals surface area contributed by atoms with Gasteiger partial charge in [0, 0.05) is 33.5 Å². The van der Waals surface area contributed by atoms with Crippen LogP contribution in [0.15, 0.2) is 59.6 Å². The lowest BCUT2D eigenvalue weighted by atomic mass is 10.1. The largest absolute Gasteiger partial charge is 0.399 e. The number of pyridine rings is 1. The van der Waals surface area contributed by atoms with Gasteiger partial charge in [-0.25, -0.2) is 0 Å². The molecule has 0 unspecified atom stereocenters. The number of rotatable bonds is 3. The third kappa shape index (κ3) is 2.56. The molecule has 0 atom stereocenters. The Kier molecular flexibility index (Phi) is 3.48. The molecular formula is C16H15N3S. The van der Waals surface area contributed by atoms with E-state index in [1.807, 2.05) is 24.3 Å². The van der Waals surface area contributed by atoms with Crippen molar-refractivity contribution in [2.75, 3.05) is 17.3 Å². The van der Waals surface area contributed by atoms with Crippen molar-refractivity contribution < 1.29 is 0 Å². The first-order valence-electron chi connectivity index (χ1n) is 6.31. The number of nitrogens with zero attached hydrogens (tertiary/aromatic N) is 1. The second kappa shape index (κ2) is 5.43. The number of hydrogen-bond donors (Lipinski definition) is 2. The van der Waals surface area contributed by atoms with Crippen LogP contribution in [0.5, 0.6) is 0 Å². The molecule has 0 spiro atoms. The number of nitrogens with one attached hydrogen (secondary N) is 1. The lowest BCUT2D eigenvalue weighted by molar-refractivity contribution is 1.39. The Morgan fingerprint density at radius 3 is 2.85 bits per heavy atom. The fraction of sp³-hybridized carbons (Fsp3) is 0.0625. The smallest absolute Gasteiger partial charge is 0.0743 e. The van der Waals surface area contributed by atoms with Crippen LogP contribution in [0, 0.1) is 0 Å². The van der Waals surface area contributed by atoms with E-state index in [2.05, 4.69) is 40.8 Å². The molecule has 0 aliphatic carbocycles. The molecule has 4 heteroatoms. The number of thioether (sulfide) groups is 1. The molecule has 0 bridgehead atoms. The van der Waals surface area contributed by atoms with E-state index in [0.717, 1.165) is 28.0 Å². The van der Waals surface area contributed by atoms with Gasteiger partial charge in [-0.05, 0) is 48.7 Å². The lowest BCUT2D eigenvalue weighted by Gasteiger charge is -2.10. The summed E-state index contributed by atoms with van der Waals surface area (Å²) < 4.78 is 0. The fourth-order valence-corrected chi connectivity index (χ4v) is 2.59. The Morgan fingerprint density at radius 1 is 1.10 bits per heavy atom. The minimum Gasteiger partial charge on any atom is -0.399 e. The van der Waals surface area contributed by atoms with E-state index in [0.29, 0.717) is 0 Å². The molecule has 3 rings (SSSR count). The zero-order valence-electron chi connectivity index (χ0n) is 11.1. The van der Waals surface area contributed by atoms with E-state index in [-0.39, 0.29) is 0 Å². The molecular weight excluding hydrogens is 266 g/mol. The highest BCUT2D eigenvalue weighted by Crippen LogP contribution is 2.27. The van der Waals surface area contributed by atoms with Crippen LogP contribution in [0.4, 0.5) is 17.1 Å². The number of anilines is 3. The van der Waals surface area contributed by atoms with Crippen LogP contribution >= 0.6 is 11.8 Å². The van der Waals surface area contributed by atoms with Crippen molar-refractivity contribution in [3.8, 4) is 0 Å². The van der Waals surface area contributed by atoms with E-state index in [4.69, 9.17) is 5.73 Å². The van der Waals surface area contributed by atoms with Gasteiger partial charge in [0.1, 0.15) is 0 Å². The topological polar surface area (TPSA) is 50.9 Å². The number of benzene rings is 2. The molecule has 100 valence electrons. The molecule has 0 saturated carbocycles. The molecule has 20 heavy (non-hydrogen) atoms. The summed E-state index contributed by atoms with van der Waals surface area (Å²) in [6.07, 6.45) is 3.87. The Labute approximate surface area is 122 Å². The van der Waals surface area contributed by atoms with Crippen LogP contribution in [0.3, 0.4) is 0 Å². The molecule has 0 fully saturated rings. The van der Waals surface area contributed by atoms with Crippen LogP contribution in [0.2, 0.25) is 0 Å². The lowest BCUT2D eigenvalue weighted by Crippen LogP contribution is -1.93. The van der Waals surface area contributed by atoms with E-state index in [1.54, 1.807) is 18.0 Å². The van der Waals surface area contributed by atoms with Crippen LogP contribution in [-0.4, -0.2) is 11.2 Å². The Morgan fingerprint density at radius 2 is 2.00 bits per heavy atom. The first-order chi connectivity index (χ1) is 9.76. The summed E-state index contributed by atoms with van der Waals surface area (Å²) in [5.41, 5.74) is 9.53. The van der Waals surface area contributed by atoms with Gasteiger partial charge < -0.3 is 11.1 Å². The van der Waals surface area contributed by atoms with Crippen molar-refractivity contribution in [1.29, 1.82) is 0 Å². The van der Waals surface area contributed by atoms with E-state index in [9.17, 15) is 0 Å². The molecule has 3 aromatic rings. The van der Waals surface area contributed by atoms with Gasteiger partial charge in [-0.2, -0.15) is 0 Å². The second-order valence-corrected chi connectivity index (χ2v) is 5.37. The summed E-state index contributed by atoms with van der Waals surface area (Å²) in [5.74, 6) is 0. The number of nitrogen functional groups attached to an aromatic ring is 1. The minimum absolute atomic E-state index is 0.728. The van der Waals surface area contributed by atoms with Crippen LogP contribution in [-0.2, 0) is 0 Å². The monoisotopic (exact) mass is 281 g/mol. The first kappa shape index (κ1) is 12.8. The van der Waals surface area contributed by atoms with Crippen molar-refractivity contribution in [3.63, 3.8) is 0 Å². The normalized spacial score (nSPS) is 10.7. The molecule has 1 heterocycles. The average Bonchev–Trinajstić information content (AvgIpc) is 2.47. The van der Waals surface area contributed by atoms with Gasteiger partial charge in [0.05, 0.1) is 5.52 Å². The first-order valence-corrected chi connectivity index (χ1v) is 7.54. The third-order valence-corrected chi connectivity index (χ3v) is 3.84. The molecule has 3 nitrogen and oxygen atoms in total. The van der Waals surface area contributed by atoms with Gasteiger partial charge in [-0.3, -0.25) is 4.98 Å². The van der Waals surface area contributed by atoms with Crippen molar-refractivity contribution in [1.82, 2.24) is 4.98 Å². The average molecular weight is 281 g/mol. The number of hydrogen-bond acceptors (Lipinski definition) is 4.